The van der Waals surface area contributed by atoms with E-state index in [2.05, 4.69) is 0 Å². The third-order valence-corrected chi connectivity index (χ3v) is 4.33. The van der Waals surface area contributed by atoms with Crippen LogP contribution in [0.25, 0.3) is 0 Å². The molecule has 0 aromatic heterocycles. The maximum absolute atomic E-state index is 11.4. The van der Waals surface area contributed by atoms with Crippen LogP contribution in [0.4, 0.5) is 0 Å². The molecule has 0 N–H and O–H groups in total. The summed E-state index contributed by atoms with van der Waals surface area (Å²) in [7, 11) is 1.76. The lowest BCUT2D eigenvalue weighted by atomic mass is 10.0. The molecule has 0 heterocycles. The molecule has 6 heteroatoms. The van der Waals surface area contributed by atoms with Crippen LogP contribution in [0.2, 0.25) is 5.02 Å². The van der Waals surface area contributed by atoms with Crippen molar-refractivity contribution in [1.29, 1.82) is 0 Å². The van der Waals surface area contributed by atoms with Crippen molar-refractivity contribution in [3.63, 3.8) is 0 Å². The largest absolute Gasteiger partial charge is 0.493 e. The predicted molar refractivity (Wildman–Crippen MR) is 85.8 cm³/mol. The van der Waals surface area contributed by atoms with Crippen molar-refractivity contribution < 1.29 is 13.2 Å². The lowest BCUT2D eigenvalue weighted by Crippen LogP contribution is -2.18. The third kappa shape index (κ3) is 5.58. The van der Waals surface area contributed by atoms with Crippen LogP contribution in [-0.4, -0.2) is 20.8 Å². The summed E-state index contributed by atoms with van der Waals surface area (Å²) in [5, 5.41) is 0.564. The average Bonchev–Trinajstić information content (AvgIpc) is 2.43. The molecular formula is C15H14Cl2O3S. The Hall–Kier alpha value is -1.23. The summed E-state index contributed by atoms with van der Waals surface area (Å²) in [6, 6.07) is 16.2. The van der Waals surface area contributed by atoms with Crippen LogP contribution in [-0.2, 0) is 9.05 Å². The minimum atomic E-state index is -3.62. The fourth-order valence-electron chi connectivity index (χ4n) is 1.96. The molecule has 112 valence electrons. The SMILES string of the molecule is O=S(=O)(Cl)CC(COc1cccc(Cl)c1)c1ccccc1. The highest BCUT2D eigenvalue weighted by Crippen LogP contribution is 2.23. The first-order valence-corrected chi connectivity index (χ1v) is 9.15. The second-order valence-electron chi connectivity index (χ2n) is 4.58. The molecule has 0 saturated heterocycles. The Morgan fingerprint density at radius 2 is 1.76 bits per heavy atom. The molecule has 2 rings (SSSR count). The molecule has 0 bridgehead atoms. The average molecular weight is 345 g/mol. The zero-order valence-corrected chi connectivity index (χ0v) is 13.4. The summed E-state index contributed by atoms with van der Waals surface area (Å²) in [5.74, 6) is 0.0714. The number of benzene rings is 2. The van der Waals surface area contributed by atoms with Gasteiger partial charge in [-0.05, 0) is 23.8 Å². The predicted octanol–water partition coefficient (Wildman–Crippen LogP) is 4.07. The van der Waals surface area contributed by atoms with E-state index in [1.807, 2.05) is 30.3 Å². The maximum Gasteiger partial charge on any atom is 0.233 e. The van der Waals surface area contributed by atoms with E-state index in [1.54, 1.807) is 24.3 Å². The monoisotopic (exact) mass is 344 g/mol. The lowest BCUT2D eigenvalue weighted by Gasteiger charge is -2.17. The van der Waals surface area contributed by atoms with Crippen molar-refractivity contribution in [2.75, 3.05) is 12.4 Å². The highest BCUT2D eigenvalue weighted by Gasteiger charge is 2.20. The summed E-state index contributed by atoms with van der Waals surface area (Å²) < 4.78 is 28.4. The van der Waals surface area contributed by atoms with Gasteiger partial charge in [0.2, 0.25) is 9.05 Å². The molecule has 0 spiro atoms. The van der Waals surface area contributed by atoms with Gasteiger partial charge in [-0.2, -0.15) is 0 Å². The van der Waals surface area contributed by atoms with Crippen LogP contribution >= 0.6 is 22.3 Å². The normalized spacial score (nSPS) is 12.9. The molecule has 1 atom stereocenters. The molecule has 2 aromatic carbocycles. The van der Waals surface area contributed by atoms with Gasteiger partial charge in [-0.3, -0.25) is 0 Å². The second kappa shape index (κ2) is 7.16. The van der Waals surface area contributed by atoms with Crippen molar-refractivity contribution >= 4 is 31.3 Å². The second-order valence-corrected chi connectivity index (χ2v) is 7.84. The zero-order chi connectivity index (χ0) is 15.3. The molecule has 0 amide bonds. The van der Waals surface area contributed by atoms with E-state index >= 15 is 0 Å². The molecule has 1 unspecified atom stereocenters. The smallest absolute Gasteiger partial charge is 0.233 e. The van der Waals surface area contributed by atoms with Crippen molar-refractivity contribution in [2.45, 2.75) is 5.92 Å². The quantitative estimate of drug-likeness (QED) is 0.741. The molecule has 0 aliphatic heterocycles. The number of hydrogen-bond donors (Lipinski definition) is 0. The lowest BCUT2D eigenvalue weighted by molar-refractivity contribution is 0.296. The minimum absolute atomic E-state index is 0.181. The van der Waals surface area contributed by atoms with Crippen molar-refractivity contribution in [3.05, 3.63) is 65.2 Å². The standard InChI is InChI=1S/C15H14Cl2O3S/c16-14-7-4-8-15(9-14)20-10-13(11-21(17,18)19)12-5-2-1-3-6-12/h1-9,13H,10-11H2. The van der Waals surface area contributed by atoms with E-state index in [0.717, 1.165) is 5.56 Å². The Morgan fingerprint density at radius 3 is 2.38 bits per heavy atom. The van der Waals surface area contributed by atoms with Crippen LogP contribution in [0, 0.1) is 0 Å². The van der Waals surface area contributed by atoms with Gasteiger partial charge in [0.1, 0.15) is 5.75 Å². The highest BCUT2D eigenvalue weighted by molar-refractivity contribution is 8.13. The van der Waals surface area contributed by atoms with Gasteiger partial charge < -0.3 is 4.74 Å². The Kier molecular flexibility index (Phi) is 5.51. The first-order chi connectivity index (χ1) is 9.94. The van der Waals surface area contributed by atoms with Gasteiger partial charge in [0, 0.05) is 21.6 Å². The fourth-order valence-corrected chi connectivity index (χ4v) is 3.37. The highest BCUT2D eigenvalue weighted by atomic mass is 35.7. The molecular weight excluding hydrogens is 331 g/mol. The van der Waals surface area contributed by atoms with E-state index in [0.29, 0.717) is 10.8 Å². The van der Waals surface area contributed by atoms with Crippen molar-refractivity contribution in [2.24, 2.45) is 0 Å². The molecule has 0 aliphatic rings. The summed E-state index contributed by atoms with van der Waals surface area (Å²) in [6.45, 7) is 0.205. The van der Waals surface area contributed by atoms with Crippen LogP contribution in [0.5, 0.6) is 5.75 Å². The minimum Gasteiger partial charge on any atom is -0.493 e. The first-order valence-electron chi connectivity index (χ1n) is 6.30. The number of hydrogen-bond acceptors (Lipinski definition) is 3. The molecule has 0 fully saturated rings. The van der Waals surface area contributed by atoms with E-state index in [4.69, 9.17) is 27.0 Å². The van der Waals surface area contributed by atoms with Crippen molar-refractivity contribution in [1.82, 2.24) is 0 Å². The van der Waals surface area contributed by atoms with Gasteiger partial charge in [0.15, 0.2) is 0 Å². The Labute approximate surface area is 133 Å². The zero-order valence-electron chi connectivity index (χ0n) is 11.1. The van der Waals surface area contributed by atoms with E-state index in [-0.39, 0.29) is 18.3 Å². The van der Waals surface area contributed by atoms with Gasteiger partial charge in [-0.1, -0.05) is 48.0 Å². The summed E-state index contributed by atoms with van der Waals surface area (Å²) >= 11 is 5.89. The summed E-state index contributed by atoms with van der Waals surface area (Å²) in [4.78, 5) is 0. The first kappa shape index (κ1) is 16.1. The Balaban J connectivity index is 2.13. The van der Waals surface area contributed by atoms with Gasteiger partial charge in [-0.15, -0.1) is 0 Å². The number of ether oxygens (including phenoxy) is 1. The molecule has 3 nitrogen and oxygen atoms in total. The van der Waals surface area contributed by atoms with E-state index < -0.39 is 9.05 Å². The molecule has 21 heavy (non-hydrogen) atoms. The molecule has 2 aromatic rings. The summed E-state index contributed by atoms with van der Waals surface area (Å²) in [5.41, 5.74) is 0.865. The van der Waals surface area contributed by atoms with Crippen LogP contribution in [0.1, 0.15) is 11.5 Å². The number of rotatable bonds is 6. The van der Waals surface area contributed by atoms with Gasteiger partial charge in [-0.25, -0.2) is 8.42 Å². The Morgan fingerprint density at radius 1 is 1.05 bits per heavy atom. The van der Waals surface area contributed by atoms with Crippen LogP contribution in [0.15, 0.2) is 54.6 Å². The topological polar surface area (TPSA) is 43.4 Å². The van der Waals surface area contributed by atoms with E-state index in [1.165, 1.54) is 0 Å². The van der Waals surface area contributed by atoms with Crippen molar-refractivity contribution in [3.8, 4) is 5.75 Å². The molecule has 0 aliphatic carbocycles. The van der Waals surface area contributed by atoms with Crippen LogP contribution < -0.4 is 4.74 Å². The maximum atomic E-state index is 11.4. The number of halogens is 2. The molecule has 0 saturated carbocycles. The third-order valence-electron chi connectivity index (χ3n) is 2.92. The fraction of sp³-hybridized carbons (Fsp3) is 0.200. The van der Waals surface area contributed by atoms with E-state index in [9.17, 15) is 8.42 Å². The Bertz CT molecular complexity index is 687. The van der Waals surface area contributed by atoms with Crippen LogP contribution in [0.3, 0.4) is 0 Å². The summed E-state index contributed by atoms with van der Waals surface area (Å²) in [6.07, 6.45) is 0. The van der Waals surface area contributed by atoms with Gasteiger partial charge in [0.25, 0.3) is 0 Å². The van der Waals surface area contributed by atoms with Gasteiger partial charge >= 0.3 is 0 Å². The molecule has 0 radical (unpaired) electrons. The van der Waals surface area contributed by atoms with Gasteiger partial charge in [0.05, 0.1) is 12.4 Å².